The molecular weight excluding hydrogens is 378 g/mol. The number of amides is 2. The topological polar surface area (TPSA) is 91.2 Å². The first-order valence-electron chi connectivity index (χ1n) is 9.58. The van der Waals surface area contributed by atoms with Gasteiger partial charge in [0.25, 0.3) is 0 Å². The second-order valence-corrected chi connectivity index (χ2v) is 7.02. The molecule has 6 nitrogen and oxygen atoms in total. The predicted molar refractivity (Wildman–Crippen MR) is 113 cm³/mol. The lowest BCUT2D eigenvalue weighted by Crippen LogP contribution is -2.20. The molecule has 1 fully saturated rings. The molecule has 148 valence electrons. The van der Waals surface area contributed by atoms with Gasteiger partial charge in [-0.15, -0.1) is 0 Å². The van der Waals surface area contributed by atoms with Crippen LogP contribution in [0.2, 0.25) is 0 Å². The van der Waals surface area contributed by atoms with Gasteiger partial charge in [0.1, 0.15) is 17.6 Å². The van der Waals surface area contributed by atoms with Gasteiger partial charge in [0.05, 0.1) is 23.1 Å². The maximum Gasteiger partial charge on any atom is 0.228 e. The molecule has 3 aromatic carbocycles. The van der Waals surface area contributed by atoms with Gasteiger partial charge in [0, 0.05) is 5.69 Å². The van der Waals surface area contributed by atoms with E-state index >= 15 is 0 Å². The fourth-order valence-corrected chi connectivity index (χ4v) is 3.16. The van der Waals surface area contributed by atoms with Crippen LogP contribution in [0.4, 0.5) is 11.4 Å². The van der Waals surface area contributed by atoms with Gasteiger partial charge in [0.15, 0.2) is 0 Å². The molecule has 2 amide bonds. The highest BCUT2D eigenvalue weighted by Gasteiger charge is 2.48. The Morgan fingerprint density at radius 2 is 1.40 bits per heavy atom. The van der Waals surface area contributed by atoms with E-state index in [1.807, 2.05) is 36.4 Å². The normalized spacial score (nSPS) is 16.8. The minimum absolute atomic E-state index is 0.194. The largest absolute Gasteiger partial charge is 0.457 e. The first kappa shape index (κ1) is 19.2. The number of para-hydroxylation sites is 2. The summed E-state index contributed by atoms with van der Waals surface area (Å²) in [4.78, 5) is 24.9. The molecule has 0 saturated heterocycles. The van der Waals surface area contributed by atoms with Crippen LogP contribution in [-0.2, 0) is 9.59 Å². The van der Waals surface area contributed by atoms with Crippen LogP contribution in [0.25, 0.3) is 0 Å². The number of ether oxygens (including phenoxy) is 1. The molecule has 0 aromatic heterocycles. The summed E-state index contributed by atoms with van der Waals surface area (Å²) in [7, 11) is 0. The Morgan fingerprint density at radius 1 is 0.800 bits per heavy atom. The van der Waals surface area contributed by atoms with E-state index in [4.69, 9.17) is 10.00 Å². The Labute approximate surface area is 174 Å². The quantitative estimate of drug-likeness (QED) is 0.638. The number of anilines is 2. The smallest absolute Gasteiger partial charge is 0.228 e. The van der Waals surface area contributed by atoms with E-state index in [0.717, 1.165) is 5.75 Å². The van der Waals surface area contributed by atoms with E-state index in [-0.39, 0.29) is 17.7 Å². The molecule has 1 saturated carbocycles. The molecule has 1 aliphatic rings. The number of benzene rings is 3. The fraction of sp³-hybridized carbons (Fsp3) is 0.125. The molecule has 30 heavy (non-hydrogen) atoms. The molecule has 0 heterocycles. The van der Waals surface area contributed by atoms with Gasteiger partial charge in [-0.25, -0.2) is 0 Å². The lowest BCUT2D eigenvalue weighted by Gasteiger charge is -2.09. The highest BCUT2D eigenvalue weighted by atomic mass is 16.5. The number of nitriles is 1. The van der Waals surface area contributed by atoms with Crippen LogP contribution < -0.4 is 15.4 Å². The average Bonchev–Trinajstić information content (AvgIpc) is 3.58. The van der Waals surface area contributed by atoms with E-state index in [1.165, 1.54) is 0 Å². The summed E-state index contributed by atoms with van der Waals surface area (Å²) < 4.78 is 5.73. The van der Waals surface area contributed by atoms with Crippen LogP contribution in [0.5, 0.6) is 11.5 Å². The summed E-state index contributed by atoms with van der Waals surface area (Å²) in [6.45, 7) is 0. The Kier molecular flexibility index (Phi) is 5.44. The zero-order chi connectivity index (χ0) is 20.9. The highest BCUT2D eigenvalue weighted by molar-refractivity contribution is 6.03. The Bertz CT molecular complexity index is 1100. The molecular formula is C24H19N3O3. The number of carbonyl (C=O) groups excluding carboxylic acids is 2. The fourth-order valence-electron chi connectivity index (χ4n) is 3.16. The van der Waals surface area contributed by atoms with E-state index in [0.29, 0.717) is 29.1 Å². The molecule has 3 aromatic rings. The maximum atomic E-state index is 12.5. The number of rotatable bonds is 6. The van der Waals surface area contributed by atoms with E-state index in [1.54, 1.807) is 48.5 Å². The van der Waals surface area contributed by atoms with Gasteiger partial charge in [-0.3, -0.25) is 9.59 Å². The summed E-state index contributed by atoms with van der Waals surface area (Å²) in [5.74, 6) is 0.194. The molecule has 6 heteroatoms. The summed E-state index contributed by atoms with van der Waals surface area (Å²) in [5, 5.41) is 14.7. The second-order valence-electron chi connectivity index (χ2n) is 7.02. The van der Waals surface area contributed by atoms with Gasteiger partial charge in [-0.1, -0.05) is 30.3 Å². The van der Waals surface area contributed by atoms with Crippen molar-refractivity contribution in [3.05, 3.63) is 84.4 Å². The van der Waals surface area contributed by atoms with Crippen LogP contribution >= 0.6 is 0 Å². The van der Waals surface area contributed by atoms with Crippen molar-refractivity contribution >= 4 is 23.2 Å². The molecule has 1 aliphatic carbocycles. The van der Waals surface area contributed by atoms with Gasteiger partial charge >= 0.3 is 0 Å². The Morgan fingerprint density at radius 3 is 2.10 bits per heavy atom. The van der Waals surface area contributed by atoms with E-state index in [2.05, 4.69) is 10.6 Å². The zero-order valence-corrected chi connectivity index (χ0v) is 16.0. The zero-order valence-electron chi connectivity index (χ0n) is 16.0. The lowest BCUT2D eigenvalue weighted by molar-refractivity contribution is -0.122. The number of carbonyl (C=O) groups is 2. The number of nitrogens with one attached hydrogen (secondary N) is 2. The maximum absolute atomic E-state index is 12.5. The van der Waals surface area contributed by atoms with Crippen molar-refractivity contribution < 1.29 is 14.3 Å². The van der Waals surface area contributed by atoms with Crippen LogP contribution in [0.1, 0.15) is 12.0 Å². The third kappa shape index (κ3) is 4.47. The first-order chi connectivity index (χ1) is 14.6. The molecule has 0 spiro atoms. The number of nitrogens with zero attached hydrogens (tertiary/aromatic N) is 1. The van der Waals surface area contributed by atoms with Crippen molar-refractivity contribution in [3.8, 4) is 17.6 Å². The second kappa shape index (κ2) is 8.50. The average molecular weight is 397 g/mol. The molecule has 2 atom stereocenters. The van der Waals surface area contributed by atoms with Crippen LogP contribution in [0.3, 0.4) is 0 Å². The van der Waals surface area contributed by atoms with Crippen molar-refractivity contribution in [2.75, 3.05) is 10.6 Å². The predicted octanol–water partition coefficient (Wildman–Crippen LogP) is 4.56. The van der Waals surface area contributed by atoms with E-state index in [9.17, 15) is 9.59 Å². The minimum Gasteiger partial charge on any atom is -0.457 e. The van der Waals surface area contributed by atoms with Crippen LogP contribution in [0.15, 0.2) is 78.9 Å². The molecule has 0 radical (unpaired) electrons. The summed E-state index contributed by atoms with van der Waals surface area (Å²) >= 11 is 0. The molecule has 0 aliphatic heterocycles. The summed E-state index contributed by atoms with van der Waals surface area (Å²) in [5.41, 5.74) is 1.50. The van der Waals surface area contributed by atoms with Crippen molar-refractivity contribution in [2.45, 2.75) is 6.42 Å². The van der Waals surface area contributed by atoms with E-state index < -0.39 is 5.92 Å². The number of hydrogen-bond donors (Lipinski definition) is 2. The third-order valence-corrected chi connectivity index (χ3v) is 4.87. The van der Waals surface area contributed by atoms with Crippen molar-refractivity contribution in [2.24, 2.45) is 11.8 Å². The van der Waals surface area contributed by atoms with Crippen LogP contribution in [-0.4, -0.2) is 11.8 Å². The SMILES string of the molecule is N#Cc1ccccc1NC(=O)C1CC1C(=O)Nc1ccc(Oc2ccccc2)cc1. The molecule has 4 rings (SSSR count). The lowest BCUT2D eigenvalue weighted by atomic mass is 10.2. The Balaban J connectivity index is 1.31. The first-order valence-corrected chi connectivity index (χ1v) is 9.58. The van der Waals surface area contributed by atoms with Crippen molar-refractivity contribution in [1.29, 1.82) is 5.26 Å². The van der Waals surface area contributed by atoms with Crippen molar-refractivity contribution in [3.63, 3.8) is 0 Å². The standard InChI is InChI=1S/C24H19N3O3/c25-15-16-6-4-5-9-22(16)27-24(29)21-14-20(21)23(28)26-17-10-12-19(13-11-17)30-18-7-2-1-3-8-18/h1-13,20-21H,14H2,(H,26,28)(H,27,29). The van der Waals surface area contributed by atoms with Crippen molar-refractivity contribution in [1.82, 2.24) is 0 Å². The monoisotopic (exact) mass is 397 g/mol. The molecule has 2 unspecified atom stereocenters. The minimum atomic E-state index is -0.391. The van der Waals surface area contributed by atoms with Gasteiger partial charge < -0.3 is 15.4 Å². The van der Waals surface area contributed by atoms with Crippen LogP contribution in [0, 0.1) is 23.2 Å². The van der Waals surface area contributed by atoms with Gasteiger partial charge in [0.2, 0.25) is 11.8 Å². The number of hydrogen-bond acceptors (Lipinski definition) is 4. The van der Waals surface area contributed by atoms with Gasteiger partial charge in [-0.05, 0) is 55.0 Å². The highest BCUT2D eigenvalue weighted by Crippen LogP contribution is 2.40. The van der Waals surface area contributed by atoms with Gasteiger partial charge in [-0.2, -0.15) is 5.26 Å². The molecule has 2 N–H and O–H groups in total. The summed E-state index contributed by atoms with van der Waals surface area (Å²) in [6.07, 6.45) is 0.488. The Hall–Kier alpha value is -4.11. The molecule has 0 bridgehead atoms. The third-order valence-electron chi connectivity index (χ3n) is 4.87. The summed E-state index contributed by atoms with van der Waals surface area (Å²) in [6, 6.07) is 25.3.